The van der Waals surface area contributed by atoms with Crippen LogP contribution in [0, 0.1) is 0 Å². The summed E-state index contributed by atoms with van der Waals surface area (Å²) in [6.45, 7) is 7.80. The maximum atomic E-state index is 12.4. The van der Waals surface area contributed by atoms with Crippen molar-refractivity contribution in [3.8, 4) is 0 Å². The summed E-state index contributed by atoms with van der Waals surface area (Å²) < 4.78 is 10.9. The van der Waals surface area contributed by atoms with Crippen LogP contribution < -0.4 is 4.90 Å². The van der Waals surface area contributed by atoms with Crippen LogP contribution in [0.15, 0.2) is 24.3 Å². The Hall–Kier alpha value is -1.81. The third kappa shape index (κ3) is 3.17. The van der Waals surface area contributed by atoms with Gasteiger partial charge in [0.25, 0.3) is 0 Å². The Morgan fingerprint density at radius 1 is 1.27 bits per heavy atom. The van der Waals surface area contributed by atoms with E-state index in [0.29, 0.717) is 13.2 Å². The number of fused-ring (bicyclic) bond motifs is 1. The highest BCUT2D eigenvalue weighted by molar-refractivity contribution is 5.91. The van der Waals surface area contributed by atoms with E-state index in [2.05, 4.69) is 24.3 Å². The lowest BCUT2D eigenvalue weighted by atomic mass is 9.99. The fourth-order valence-corrected chi connectivity index (χ4v) is 2.87. The van der Waals surface area contributed by atoms with Crippen LogP contribution in [0.2, 0.25) is 0 Å². The molecule has 0 bridgehead atoms. The zero-order valence-corrected chi connectivity index (χ0v) is 13.5. The average Bonchev–Trinajstić information content (AvgIpc) is 2.89. The van der Waals surface area contributed by atoms with Gasteiger partial charge in [0.05, 0.1) is 18.9 Å². The largest absolute Gasteiger partial charge is 0.443 e. The topological polar surface area (TPSA) is 38.8 Å². The number of carbonyl (C=O) groups excluding carboxylic acids is 1. The summed E-state index contributed by atoms with van der Waals surface area (Å²) in [6.07, 6.45) is 3.67. The number of anilines is 1. The van der Waals surface area contributed by atoms with Crippen molar-refractivity contribution in [3.63, 3.8) is 0 Å². The lowest BCUT2D eigenvalue weighted by Crippen LogP contribution is -2.35. The maximum Gasteiger partial charge on any atom is 0.414 e. The monoisotopic (exact) mass is 301 g/mol. The second-order valence-electron chi connectivity index (χ2n) is 6.78. The molecule has 2 aliphatic heterocycles. The van der Waals surface area contributed by atoms with Crippen molar-refractivity contribution in [1.82, 2.24) is 0 Å². The van der Waals surface area contributed by atoms with Crippen LogP contribution in [-0.4, -0.2) is 31.5 Å². The van der Waals surface area contributed by atoms with Gasteiger partial charge in [-0.3, -0.25) is 4.90 Å². The van der Waals surface area contributed by atoms with Crippen molar-refractivity contribution in [2.24, 2.45) is 0 Å². The van der Waals surface area contributed by atoms with E-state index in [9.17, 15) is 4.79 Å². The minimum absolute atomic E-state index is 0.260. The van der Waals surface area contributed by atoms with E-state index >= 15 is 0 Å². The number of ether oxygens (including phenoxy) is 2. The summed E-state index contributed by atoms with van der Waals surface area (Å²) in [7, 11) is 0. The first kappa shape index (κ1) is 15.1. The highest BCUT2D eigenvalue weighted by Gasteiger charge is 2.29. The molecule has 0 fully saturated rings. The third-order valence-electron chi connectivity index (χ3n) is 3.93. The molecule has 0 spiro atoms. The molecule has 0 aromatic heterocycles. The quantitative estimate of drug-likeness (QED) is 0.792. The molecule has 2 aliphatic rings. The first-order chi connectivity index (χ1) is 10.4. The summed E-state index contributed by atoms with van der Waals surface area (Å²) in [4.78, 5) is 14.1. The van der Waals surface area contributed by atoms with Gasteiger partial charge in [0.15, 0.2) is 0 Å². The van der Waals surface area contributed by atoms with E-state index in [4.69, 9.17) is 9.47 Å². The molecule has 0 radical (unpaired) electrons. The summed E-state index contributed by atoms with van der Waals surface area (Å²) in [5.41, 5.74) is 4.20. The second-order valence-corrected chi connectivity index (χ2v) is 6.78. The summed E-state index contributed by atoms with van der Waals surface area (Å²) in [6, 6.07) is 6.39. The van der Waals surface area contributed by atoms with Crippen molar-refractivity contribution in [3.05, 3.63) is 35.4 Å². The smallest absolute Gasteiger partial charge is 0.414 e. The van der Waals surface area contributed by atoms with Gasteiger partial charge in [-0.05, 0) is 56.4 Å². The van der Waals surface area contributed by atoms with Gasteiger partial charge in [0, 0.05) is 6.54 Å². The maximum absolute atomic E-state index is 12.4. The Kier molecular flexibility index (Phi) is 3.96. The number of hydrogen-bond acceptors (Lipinski definition) is 3. The minimum atomic E-state index is -0.472. The van der Waals surface area contributed by atoms with Gasteiger partial charge in [0.1, 0.15) is 5.60 Å². The lowest BCUT2D eigenvalue weighted by Gasteiger charge is -2.25. The highest BCUT2D eigenvalue weighted by Crippen LogP contribution is 2.33. The van der Waals surface area contributed by atoms with E-state index in [1.54, 1.807) is 4.90 Å². The zero-order chi connectivity index (χ0) is 15.7. The number of amides is 1. The molecule has 22 heavy (non-hydrogen) atoms. The molecule has 1 aromatic rings. The molecular weight excluding hydrogens is 278 g/mol. The third-order valence-corrected chi connectivity index (χ3v) is 3.93. The number of hydrogen-bond donors (Lipinski definition) is 0. The SMILES string of the molecule is CC(C)(C)OC(=O)N1CCc2ccc(C3=CCOCC3)cc21. The minimum Gasteiger partial charge on any atom is -0.443 e. The fourth-order valence-electron chi connectivity index (χ4n) is 2.87. The molecule has 4 nitrogen and oxygen atoms in total. The normalized spacial score (nSPS) is 18.0. The van der Waals surface area contributed by atoms with Crippen molar-refractivity contribution in [2.75, 3.05) is 24.7 Å². The Morgan fingerprint density at radius 3 is 2.77 bits per heavy atom. The zero-order valence-electron chi connectivity index (χ0n) is 13.5. The number of nitrogens with zero attached hydrogens (tertiary/aromatic N) is 1. The highest BCUT2D eigenvalue weighted by atomic mass is 16.6. The molecule has 0 N–H and O–H groups in total. The molecule has 4 heteroatoms. The number of rotatable bonds is 1. The van der Waals surface area contributed by atoms with Gasteiger partial charge in [0.2, 0.25) is 0 Å². The molecule has 1 amide bonds. The second kappa shape index (κ2) is 5.76. The Labute approximate surface area is 131 Å². The number of carbonyl (C=O) groups is 1. The molecular formula is C18H23NO3. The van der Waals surface area contributed by atoms with Crippen LogP contribution in [0.5, 0.6) is 0 Å². The lowest BCUT2D eigenvalue weighted by molar-refractivity contribution is 0.0584. The summed E-state index contributed by atoms with van der Waals surface area (Å²) in [5.74, 6) is 0. The van der Waals surface area contributed by atoms with Gasteiger partial charge in [-0.15, -0.1) is 0 Å². The van der Waals surface area contributed by atoms with Crippen LogP contribution in [0.1, 0.15) is 38.3 Å². The van der Waals surface area contributed by atoms with E-state index < -0.39 is 5.60 Å². The fraction of sp³-hybridized carbons (Fsp3) is 0.500. The van der Waals surface area contributed by atoms with E-state index in [1.807, 2.05) is 20.8 Å². The van der Waals surface area contributed by atoms with Crippen LogP contribution in [0.25, 0.3) is 5.57 Å². The first-order valence-corrected chi connectivity index (χ1v) is 7.85. The summed E-state index contributed by atoms with van der Waals surface area (Å²) >= 11 is 0. The summed E-state index contributed by atoms with van der Waals surface area (Å²) in [5, 5.41) is 0. The van der Waals surface area contributed by atoms with Crippen LogP contribution >= 0.6 is 0 Å². The molecule has 0 atom stereocenters. The molecule has 2 heterocycles. The van der Waals surface area contributed by atoms with E-state index in [-0.39, 0.29) is 6.09 Å². The molecule has 0 saturated carbocycles. The van der Waals surface area contributed by atoms with Crippen LogP contribution in [0.4, 0.5) is 10.5 Å². The Balaban J connectivity index is 1.86. The van der Waals surface area contributed by atoms with Gasteiger partial charge < -0.3 is 9.47 Å². The Morgan fingerprint density at radius 2 is 2.09 bits per heavy atom. The molecule has 1 aromatic carbocycles. The van der Waals surface area contributed by atoms with E-state index in [1.165, 1.54) is 16.7 Å². The van der Waals surface area contributed by atoms with Crippen LogP contribution in [0.3, 0.4) is 0 Å². The Bertz CT molecular complexity index is 613. The van der Waals surface area contributed by atoms with Gasteiger partial charge in [-0.1, -0.05) is 18.2 Å². The van der Waals surface area contributed by atoms with Gasteiger partial charge in [-0.2, -0.15) is 0 Å². The number of benzene rings is 1. The van der Waals surface area contributed by atoms with Gasteiger partial charge in [-0.25, -0.2) is 4.79 Å². The van der Waals surface area contributed by atoms with Crippen molar-refractivity contribution in [1.29, 1.82) is 0 Å². The van der Waals surface area contributed by atoms with Crippen molar-refractivity contribution in [2.45, 2.75) is 39.2 Å². The van der Waals surface area contributed by atoms with Crippen LogP contribution in [-0.2, 0) is 15.9 Å². The molecule has 118 valence electrons. The standard InChI is InChI=1S/C18H23NO3/c1-18(2,3)22-17(20)19-9-6-14-4-5-15(12-16(14)19)13-7-10-21-11-8-13/h4-5,7,12H,6,8-11H2,1-3H3. The van der Waals surface area contributed by atoms with Crippen molar-refractivity contribution >= 4 is 17.4 Å². The predicted octanol–water partition coefficient (Wildman–Crippen LogP) is 3.79. The molecule has 0 saturated heterocycles. The van der Waals surface area contributed by atoms with Gasteiger partial charge >= 0.3 is 6.09 Å². The predicted molar refractivity (Wildman–Crippen MR) is 87.1 cm³/mol. The first-order valence-electron chi connectivity index (χ1n) is 7.85. The van der Waals surface area contributed by atoms with E-state index in [0.717, 1.165) is 25.1 Å². The molecule has 0 aliphatic carbocycles. The van der Waals surface area contributed by atoms with Crippen molar-refractivity contribution < 1.29 is 14.3 Å². The molecule has 3 rings (SSSR count). The molecule has 0 unspecified atom stereocenters. The average molecular weight is 301 g/mol.